The Morgan fingerprint density at radius 3 is 2.59 bits per heavy atom. The first-order chi connectivity index (χ1) is 14.0. The highest BCUT2D eigenvalue weighted by Gasteiger charge is 2.24. The third kappa shape index (κ3) is 4.04. The van der Waals surface area contributed by atoms with E-state index in [2.05, 4.69) is 14.9 Å². The Kier molecular flexibility index (Phi) is 5.38. The van der Waals surface area contributed by atoms with Crippen LogP contribution >= 0.6 is 0 Å². The summed E-state index contributed by atoms with van der Waals surface area (Å²) in [7, 11) is -2.32. The number of benzene rings is 2. The molecule has 0 unspecified atom stereocenters. The summed E-state index contributed by atoms with van der Waals surface area (Å²) < 4.78 is 39.0. The van der Waals surface area contributed by atoms with Gasteiger partial charge in [0.1, 0.15) is 10.6 Å². The van der Waals surface area contributed by atoms with E-state index >= 15 is 0 Å². The van der Waals surface area contributed by atoms with Gasteiger partial charge in [0.05, 0.1) is 13.7 Å². The molecule has 4 rings (SSSR count). The summed E-state index contributed by atoms with van der Waals surface area (Å²) in [5.74, 6) is 0.983. The second-order valence-corrected chi connectivity index (χ2v) is 8.87. The summed E-state index contributed by atoms with van der Waals surface area (Å²) in [5.41, 5.74) is 4.09. The first-order valence-corrected chi connectivity index (χ1v) is 11.0. The van der Waals surface area contributed by atoms with E-state index in [1.807, 2.05) is 37.3 Å². The van der Waals surface area contributed by atoms with Crippen LogP contribution in [0.1, 0.15) is 35.4 Å². The molecule has 0 amide bonds. The second-order valence-electron chi connectivity index (χ2n) is 7.13. The molecule has 152 valence electrons. The molecule has 0 spiro atoms. The van der Waals surface area contributed by atoms with Crippen LogP contribution < -0.4 is 9.46 Å². The SMILES string of the molecule is COc1cc2c(cc1S(=O)(=O)NCc1nc(-c3ccccc3C)no1)CCCC2. The number of rotatable bonds is 6. The van der Waals surface area contributed by atoms with Crippen molar-refractivity contribution in [2.24, 2.45) is 0 Å². The van der Waals surface area contributed by atoms with Gasteiger partial charge in [0, 0.05) is 5.56 Å². The number of nitrogens with zero attached hydrogens (tertiary/aromatic N) is 2. The molecule has 0 fully saturated rings. The molecule has 1 aliphatic rings. The summed E-state index contributed by atoms with van der Waals surface area (Å²) in [6, 6.07) is 11.2. The summed E-state index contributed by atoms with van der Waals surface area (Å²) in [4.78, 5) is 4.45. The Balaban J connectivity index is 1.55. The molecule has 3 aromatic rings. The van der Waals surface area contributed by atoms with E-state index in [1.54, 1.807) is 6.07 Å². The van der Waals surface area contributed by atoms with E-state index in [1.165, 1.54) is 7.11 Å². The number of hydrogen-bond acceptors (Lipinski definition) is 6. The Morgan fingerprint density at radius 1 is 1.14 bits per heavy atom. The zero-order valence-electron chi connectivity index (χ0n) is 16.4. The van der Waals surface area contributed by atoms with Gasteiger partial charge in [-0.15, -0.1) is 0 Å². The monoisotopic (exact) mass is 413 g/mol. The normalized spacial score (nSPS) is 13.9. The molecule has 1 heterocycles. The first-order valence-electron chi connectivity index (χ1n) is 9.56. The van der Waals surface area contributed by atoms with Crippen molar-refractivity contribution in [1.82, 2.24) is 14.9 Å². The number of aromatic nitrogens is 2. The highest BCUT2D eigenvalue weighted by molar-refractivity contribution is 7.89. The lowest BCUT2D eigenvalue weighted by atomic mass is 9.92. The number of fused-ring (bicyclic) bond motifs is 1. The number of ether oxygens (including phenoxy) is 1. The van der Waals surface area contributed by atoms with Crippen LogP contribution in [-0.2, 0) is 29.4 Å². The van der Waals surface area contributed by atoms with E-state index in [-0.39, 0.29) is 17.3 Å². The Labute approximate surface area is 170 Å². The summed E-state index contributed by atoms with van der Waals surface area (Å²) in [6.07, 6.45) is 4.01. The van der Waals surface area contributed by atoms with Crippen molar-refractivity contribution in [2.75, 3.05) is 7.11 Å². The smallest absolute Gasteiger partial charge is 0.244 e. The Morgan fingerprint density at radius 2 is 1.86 bits per heavy atom. The molecule has 1 N–H and O–H groups in total. The fourth-order valence-electron chi connectivity index (χ4n) is 3.60. The van der Waals surface area contributed by atoms with E-state index in [0.29, 0.717) is 11.6 Å². The topological polar surface area (TPSA) is 94.3 Å². The van der Waals surface area contributed by atoms with Gasteiger partial charge in [-0.1, -0.05) is 29.4 Å². The minimum Gasteiger partial charge on any atom is -0.495 e. The lowest BCUT2D eigenvalue weighted by molar-refractivity contribution is 0.375. The molecule has 0 saturated carbocycles. The summed E-state index contributed by atoms with van der Waals surface area (Å²) in [5, 5.41) is 3.97. The van der Waals surface area contributed by atoms with Crippen LogP contribution in [0.5, 0.6) is 5.75 Å². The van der Waals surface area contributed by atoms with Gasteiger partial charge in [-0.3, -0.25) is 0 Å². The molecule has 0 bridgehead atoms. The molecule has 2 aromatic carbocycles. The number of sulfonamides is 1. The quantitative estimate of drug-likeness (QED) is 0.665. The Hall–Kier alpha value is -2.71. The van der Waals surface area contributed by atoms with Gasteiger partial charge in [-0.05, 0) is 61.4 Å². The zero-order valence-corrected chi connectivity index (χ0v) is 17.3. The molecule has 0 atom stereocenters. The van der Waals surface area contributed by atoms with Gasteiger partial charge in [-0.2, -0.15) is 4.98 Å². The maximum atomic E-state index is 12.9. The molecule has 0 saturated heterocycles. The molecule has 1 aliphatic carbocycles. The van der Waals surface area contributed by atoms with Gasteiger partial charge in [0.15, 0.2) is 0 Å². The molecule has 8 heteroatoms. The number of methoxy groups -OCH3 is 1. The maximum Gasteiger partial charge on any atom is 0.244 e. The van der Waals surface area contributed by atoms with Gasteiger partial charge < -0.3 is 9.26 Å². The van der Waals surface area contributed by atoms with Crippen molar-refractivity contribution >= 4 is 10.0 Å². The lowest BCUT2D eigenvalue weighted by Crippen LogP contribution is -2.24. The van der Waals surface area contributed by atoms with Crippen molar-refractivity contribution < 1.29 is 17.7 Å². The van der Waals surface area contributed by atoms with Crippen molar-refractivity contribution in [1.29, 1.82) is 0 Å². The van der Waals surface area contributed by atoms with Gasteiger partial charge in [-0.25, -0.2) is 13.1 Å². The first kappa shape index (κ1) is 19.6. The fraction of sp³-hybridized carbons (Fsp3) is 0.333. The number of aryl methyl sites for hydroxylation is 3. The third-order valence-corrected chi connectivity index (χ3v) is 6.61. The highest BCUT2D eigenvalue weighted by Crippen LogP contribution is 2.32. The van der Waals surface area contributed by atoms with E-state index in [9.17, 15) is 8.42 Å². The van der Waals surface area contributed by atoms with Crippen LogP contribution in [0.2, 0.25) is 0 Å². The van der Waals surface area contributed by atoms with E-state index in [4.69, 9.17) is 9.26 Å². The van der Waals surface area contributed by atoms with Crippen LogP contribution in [0.4, 0.5) is 0 Å². The summed E-state index contributed by atoms with van der Waals surface area (Å²) in [6.45, 7) is 1.86. The molecule has 0 radical (unpaired) electrons. The van der Waals surface area contributed by atoms with Crippen LogP contribution in [0, 0.1) is 6.92 Å². The second kappa shape index (κ2) is 7.96. The average Bonchev–Trinajstić information content (AvgIpc) is 3.20. The minimum atomic E-state index is -3.80. The predicted octanol–water partition coefficient (Wildman–Crippen LogP) is 3.41. The van der Waals surface area contributed by atoms with Crippen LogP contribution in [0.15, 0.2) is 45.8 Å². The third-order valence-electron chi connectivity index (χ3n) is 5.19. The molecular weight excluding hydrogens is 390 g/mol. The lowest BCUT2D eigenvalue weighted by Gasteiger charge is -2.19. The molecule has 1 aromatic heterocycles. The van der Waals surface area contributed by atoms with E-state index in [0.717, 1.165) is 47.9 Å². The standard InChI is InChI=1S/C21H23N3O4S/c1-14-7-3-6-10-17(14)21-23-20(28-24-21)13-22-29(25,26)19-12-16-9-5-4-8-15(16)11-18(19)27-2/h3,6-7,10-12,22H,4-5,8-9,13H2,1-2H3. The van der Waals surface area contributed by atoms with Gasteiger partial charge >= 0.3 is 0 Å². The molecular formula is C21H23N3O4S. The number of nitrogens with one attached hydrogen (secondary N) is 1. The zero-order chi connectivity index (χ0) is 20.4. The molecule has 0 aliphatic heterocycles. The van der Waals surface area contributed by atoms with Crippen molar-refractivity contribution in [3.63, 3.8) is 0 Å². The van der Waals surface area contributed by atoms with Crippen LogP contribution in [-0.4, -0.2) is 25.7 Å². The average molecular weight is 413 g/mol. The largest absolute Gasteiger partial charge is 0.495 e. The predicted molar refractivity (Wildman–Crippen MR) is 108 cm³/mol. The van der Waals surface area contributed by atoms with Crippen molar-refractivity contribution in [2.45, 2.75) is 44.0 Å². The highest BCUT2D eigenvalue weighted by atomic mass is 32.2. The Bertz CT molecular complexity index is 1140. The van der Waals surface area contributed by atoms with Crippen molar-refractivity contribution in [3.05, 3.63) is 59.0 Å². The van der Waals surface area contributed by atoms with Crippen LogP contribution in [0.25, 0.3) is 11.4 Å². The maximum absolute atomic E-state index is 12.9. The molecule has 29 heavy (non-hydrogen) atoms. The van der Waals surface area contributed by atoms with Crippen LogP contribution in [0.3, 0.4) is 0 Å². The minimum absolute atomic E-state index is 0.0958. The van der Waals surface area contributed by atoms with Gasteiger partial charge in [0.25, 0.3) is 0 Å². The fourth-order valence-corrected chi connectivity index (χ4v) is 4.78. The number of hydrogen-bond donors (Lipinski definition) is 1. The van der Waals surface area contributed by atoms with E-state index < -0.39 is 10.0 Å². The summed E-state index contributed by atoms with van der Waals surface area (Å²) >= 11 is 0. The van der Waals surface area contributed by atoms with Crippen molar-refractivity contribution in [3.8, 4) is 17.1 Å². The van der Waals surface area contributed by atoms with Gasteiger partial charge in [0.2, 0.25) is 21.7 Å². The molecule has 7 nitrogen and oxygen atoms in total.